The van der Waals surface area contributed by atoms with Crippen molar-refractivity contribution >= 4 is 29.2 Å². The minimum Gasteiger partial charge on any atom is -0.479 e. The van der Waals surface area contributed by atoms with Crippen molar-refractivity contribution in [2.45, 2.75) is 25.9 Å². The van der Waals surface area contributed by atoms with Gasteiger partial charge in [0.25, 0.3) is 0 Å². The van der Waals surface area contributed by atoms with E-state index in [9.17, 15) is 14.4 Å². The van der Waals surface area contributed by atoms with Gasteiger partial charge in [0.15, 0.2) is 6.04 Å². The summed E-state index contributed by atoms with van der Waals surface area (Å²) in [6.07, 6.45) is 0. The van der Waals surface area contributed by atoms with Gasteiger partial charge in [-0.2, -0.15) is 0 Å². The number of rotatable bonds is 6. The highest BCUT2D eigenvalue weighted by atomic mass is 32.1. The van der Waals surface area contributed by atoms with Crippen LogP contribution in [0.15, 0.2) is 17.5 Å². The molecule has 1 atom stereocenters. The summed E-state index contributed by atoms with van der Waals surface area (Å²) in [7, 11) is 0. The summed E-state index contributed by atoms with van der Waals surface area (Å²) in [6, 6.07) is 1.47. The quantitative estimate of drug-likeness (QED) is 0.620. The van der Waals surface area contributed by atoms with Gasteiger partial charge in [0.05, 0.1) is 6.54 Å². The van der Waals surface area contributed by atoms with Crippen LogP contribution in [0.2, 0.25) is 0 Å². The maximum Gasteiger partial charge on any atom is 0.331 e. The number of hydrogen-bond donors (Lipinski definition) is 4. The molecule has 4 N–H and O–H groups in total. The van der Waals surface area contributed by atoms with Crippen LogP contribution in [0.4, 0.5) is 4.79 Å². The summed E-state index contributed by atoms with van der Waals surface area (Å²) >= 11 is 1.23. The highest BCUT2D eigenvalue weighted by Crippen LogP contribution is 2.18. The fourth-order valence-electron chi connectivity index (χ4n) is 1.43. The molecule has 20 heavy (non-hydrogen) atoms. The van der Waals surface area contributed by atoms with Gasteiger partial charge in [-0.05, 0) is 25.3 Å². The Balaban J connectivity index is 2.48. The fraction of sp³-hybridized carbons (Fsp3) is 0.417. The van der Waals surface area contributed by atoms with E-state index in [1.165, 1.54) is 11.3 Å². The molecule has 1 unspecified atom stereocenters. The molecular formula is C12H17N3O4S. The molecule has 0 radical (unpaired) electrons. The topological polar surface area (TPSA) is 108 Å². The van der Waals surface area contributed by atoms with Gasteiger partial charge in [-0.1, -0.05) is 6.07 Å². The van der Waals surface area contributed by atoms with Gasteiger partial charge in [-0.3, -0.25) is 4.79 Å². The van der Waals surface area contributed by atoms with Gasteiger partial charge in [0, 0.05) is 10.9 Å². The average molecular weight is 299 g/mol. The number of urea groups is 1. The van der Waals surface area contributed by atoms with Crippen molar-refractivity contribution in [2.75, 3.05) is 6.54 Å². The zero-order chi connectivity index (χ0) is 15.1. The zero-order valence-corrected chi connectivity index (χ0v) is 12.0. The molecule has 0 aliphatic rings. The van der Waals surface area contributed by atoms with Gasteiger partial charge in [-0.15, -0.1) is 11.3 Å². The van der Waals surface area contributed by atoms with E-state index < -0.39 is 18.0 Å². The van der Waals surface area contributed by atoms with E-state index in [0.717, 1.165) is 0 Å². The molecule has 1 aromatic heterocycles. The van der Waals surface area contributed by atoms with Crippen LogP contribution in [0.1, 0.15) is 24.8 Å². The minimum absolute atomic E-state index is 0.0229. The van der Waals surface area contributed by atoms with Crippen molar-refractivity contribution in [2.24, 2.45) is 0 Å². The summed E-state index contributed by atoms with van der Waals surface area (Å²) in [5.41, 5.74) is 0. The van der Waals surface area contributed by atoms with Crippen molar-refractivity contribution in [3.63, 3.8) is 0 Å². The number of aliphatic carboxylic acids is 1. The minimum atomic E-state index is -1.16. The molecular weight excluding hydrogens is 282 g/mol. The van der Waals surface area contributed by atoms with Crippen molar-refractivity contribution < 1.29 is 19.5 Å². The first-order chi connectivity index (χ1) is 9.40. The Morgan fingerprint density at radius 2 is 2.00 bits per heavy atom. The summed E-state index contributed by atoms with van der Waals surface area (Å²) in [4.78, 5) is 34.5. The number of carboxylic acids is 1. The molecule has 7 nitrogen and oxygen atoms in total. The summed E-state index contributed by atoms with van der Waals surface area (Å²) < 4.78 is 0. The predicted molar refractivity (Wildman–Crippen MR) is 74.5 cm³/mol. The van der Waals surface area contributed by atoms with Crippen LogP contribution in [-0.2, 0) is 9.59 Å². The zero-order valence-electron chi connectivity index (χ0n) is 11.2. The van der Waals surface area contributed by atoms with E-state index in [0.29, 0.717) is 4.88 Å². The van der Waals surface area contributed by atoms with Crippen LogP contribution in [0, 0.1) is 0 Å². The summed E-state index contributed by atoms with van der Waals surface area (Å²) in [5.74, 6) is -1.49. The van der Waals surface area contributed by atoms with Crippen LogP contribution < -0.4 is 16.0 Å². The van der Waals surface area contributed by atoms with Gasteiger partial charge in [0.1, 0.15) is 0 Å². The standard InChI is InChI=1S/C12H17N3O4S/c1-7(2)14-9(16)6-13-12(19)15-10(11(17)18)8-4-3-5-20-8/h3-5,7,10H,6H2,1-2H3,(H,14,16)(H,17,18)(H2,13,15,19). The van der Waals surface area contributed by atoms with E-state index in [1.54, 1.807) is 31.4 Å². The van der Waals surface area contributed by atoms with E-state index in [2.05, 4.69) is 16.0 Å². The molecule has 0 saturated carbocycles. The molecule has 1 rings (SSSR count). The fourth-order valence-corrected chi connectivity index (χ4v) is 2.19. The third-order valence-electron chi connectivity index (χ3n) is 2.21. The van der Waals surface area contributed by atoms with Gasteiger partial charge in [-0.25, -0.2) is 9.59 Å². The second kappa shape index (κ2) is 7.49. The van der Waals surface area contributed by atoms with Crippen molar-refractivity contribution in [3.05, 3.63) is 22.4 Å². The second-order valence-electron chi connectivity index (χ2n) is 4.34. The summed E-state index contributed by atoms with van der Waals surface area (Å²) in [5, 5.41) is 18.0. The Kier molecular flexibility index (Phi) is 5.98. The molecule has 8 heteroatoms. The third kappa shape index (κ3) is 5.27. The first kappa shape index (κ1) is 16.0. The number of thiophene rings is 1. The monoisotopic (exact) mass is 299 g/mol. The molecule has 0 saturated heterocycles. The highest BCUT2D eigenvalue weighted by Gasteiger charge is 2.23. The van der Waals surface area contributed by atoms with Gasteiger partial charge >= 0.3 is 12.0 Å². The number of hydrogen-bond acceptors (Lipinski definition) is 4. The van der Waals surface area contributed by atoms with Gasteiger partial charge < -0.3 is 21.1 Å². The lowest BCUT2D eigenvalue weighted by Gasteiger charge is -2.14. The summed E-state index contributed by atoms with van der Waals surface area (Å²) in [6.45, 7) is 3.39. The molecule has 110 valence electrons. The lowest BCUT2D eigenvalue weighted by atomic mass is 10.2. The molecule has 0 bridgehead atoms. The molecule has 1 heterocycles. The first-order valence-corrected chi connectivity index (χ1v) is 6.88. The molecule has 3 amide bonds. The molecule has 0 spiro atoms. The number of carbonyl (C=O) groups excluding carboxylic acids is 2. The SMILES string of the molecule is CC(C)NC(=O)CNC(=O)NC(C(=O)O)c1cccs1. The molecule has 0 aromatic carbocycles. The molecule has 0 fully saturated rings. The Bertz CT molecular complexity index is 473. The Morgan fingerprint density at radius 3 is 2.50 bits per heavy atom. The van der Waals surface area contributed by atoms with E-state index >= 15 is 0 Å². The second-order valence-corrected chi connectivity index (χ2v) is 5.32. The largest absolute Gasteiger partial charge is 0.479 e. The first-order valence-electron chi connectivity index (χ1n) is 6.00. The number of nitrogens with one attached hydrogen (secondary N) is 3. The molecule has 1 aromatic rings. The van der Waals surface area contributed by atoms with Crippen LogP contribution in [0.25, 0.3) is 0 Å². The van der Waals surface area contributed by atoms with Crippen molar-refractivity contribution in [1.29, 1.82) is 0 Å². The smallest absolute Gasteiger partial charge is 0.331 e. The van der Waals surface area contributed by atoms with Crippen LogP contribution in [-0.4, -0.2) is 35.6 Å². The van der Waals surface area contributed by atoms with Crippen LogP contribution in [0.3, 0.4) is 0 Å². The number of carbonyl (C=O) groups is 3. The molecule has 0 aliphatic carbocycles. The predicted octanol–water partition coefficient (Wildman–Crippen LogP) is 0.698. The Labute approximate surface area is 120 Å². The van der Waals surface area contributed by atoms with Crippen molar-refractivity contribution in [1.82, 2.24) is 16.0 Å². The van der Waals surface area contributed by atoms with E-state index in [-0.39, 0.29) is 18.5 Å². The highest BCUT2D eigenvalue weighted by molar-refractivity contribution is 7.10. The third-order valence-corrected chi connectivity index (χ3v) is 3.15. The number of carboxylic acid groups (broad SMARTS) is 1. The number of amides is 3. The maximum atomic E-state index is 11.6. The lowest BCUT2D eigenvalue weighted by Crippen LogP contribution is -2.45. The maximum absolute atomic E-state index is 11.6. The Hall–Kier alpha value is -2.09. The molecule has 0 aliphatic heterocycles. The van der Waals surface area contributed by atoms with Gasteiger partial charge in [0.2, 0.25) is 5.91 Å². The van der Waals surface area contributed by atoms with E-state index in [1.807, 2.05) is 0 Å². The van der Waals surface area contributed by atoms with Crippen LogP contribution >= 0.6 is 11.3 Å². The van der Waals surface area contributed by atoms with E-state index in [4.69, 9.17) is 5.11 Å². The average Bonchev–Trinajstić information content (AvgIpc) is 2.85. The van der Waals surface area contributed by atoms with Crippen LogP contribution in [0.5, 0.6) is 0 Å². The van der Waals surface area contributed by atoms with Crippen molar-refractivity contribution in [3.8, 4) is 0 Å². The Morgan fingerprint density at radius 1 is 1.30 bits per heavy atom. The lowest BCUT2D eigenvalue weighted by molar-refractivity contribution is -0.139. The normalized spacial score (nSPS) is 11.8.